The van der Waals surface area contributed by atoms with Gasteiger partial charge in [0.15, 0.2) is 5.82 Å². The van der Waals surface area contributed by atoms with Crippen molar-refractivity contribution in [1.82, 2.24) is 20.0 Å². The Morgan fingerprint density at radius 3 is 2.58 bits per heavy atom. The Labute approximate surface area is 155 Å². The van der Waals surface area contributed by atoms with Crippen LogP contribution in [0.5, 0.6) is 5.75 Å². The third-order valence-electron chi connectivity index (χ3n) is 3.48. The van der Waals surface area contributed by atoms with E-state index in [-0.39, 0.29) is 11.7 Å². The summed E-state index contributed by atoms with van der Waals surface area (Å²) in [7, 11) is 0. The van der Waals surface area contributed by atoms with Gasteiger partial charge in [0.05, 0.1) is 12.4 Å². The molecule has 3 aromatic rings. The minimum atomic E-state index is -0.104. The van der Waals surface area contributed by atoms with Crippen LogP contribution in [0.15, 0.2) is 53.7 Å². The Hall–Kier alpha value is -2.87. The van der Waals surface area contributed by atoms with Crippen molar-refractivity contribution in [1.29, 1.82) is 0 Å². The van der Waals surface area contributed by atoms with Crippen LogP contribution in [0, 0.1) is 6.92 Å². The second kappa shape index (κ2) is 8.48. The van der Waals surface area contributed by atoms with Crippen molar-refractivity contribution in [2.24, 2.45) is 0 Å². The SMILES string of the molecule is CCOc1ccc(NC(=O)CSc2ccc(-n3nccc3C)nn2)cc1. The van der Waals surface area contributed by atoms with Gasteiger partial charge in [-0.15, -0.1) is 10.2 Å². The van der Waals surface area contributed by atoms with E-state index < -0.39 is 0 Å². The summed E-state index contributed by atoms with van der Waals surface area (Å²) in [4.78, 5) is 12.1. The number of ether oxygens (including phenoxy) is 1. The summed E-state index contributed by atoms with van der Waals surface area (Å²) < 4.78 is 7.09. The molecule has 0 aliphatic carbocycles. The highest BCUT2D eigenvalue weighted by Gasteiger charge is 2.07. The minimum absolute atomic E-state index is 0.104. The average Bonchev–Trinajstić information content (AvgIpc) is 3.08. The highest BCUT2D eigenvalue weighted by Crippen LogP contribution is 2.18. The topological polar surface area (TPSA) is 81.9 Å². The number of aromatic nitrogens is 4. The van der Waals surface area contributed by atoms with Crippen LogP contribution in [0.4, 0.5) is 5.69 Å². The lowest BCUT2D eigenvalue weighted by molar-refractivity contribution is -0.113. The molecule has 0 spiro atoms. The van der Waals surface area contributed by atoms with E-state index in [9.17, 15) is 4.79 Å². The van der Waals surface area contributed by atoms with Crippen molar-refractivity contribution in [3.63, 3.8) is 0 Å². The van der Waals surface area contributed by atoms with E-state index in [0.717, 1.165) is 17.1 Å². The van der Waals surface area contributed by atoms with Crippen molar-refractivity contribution in [3.8, 4) is 11.6 Å². The molecule has 0 saturated carbocycles. The number of anilines is 1. The van der Waals surface area contributed by atoms with Crippen LogP contribution in [0.25, 0.3) is 5.82 Å². The first-order valence-electron chi connectivity index (χ1n) is 8.16. The molecule has 8 heteroatoms. The molecule has 0 bridgehead atoms. The van der Waals surface area contributed by atoms with E-state index in [1.54, 1.807) is 10.9 Å². The van der Waals surface area contributed by atoms with Crippen molar-refractivity contribution < 1.29 is 9.53 Å². The summed E-state index contributed by atoms with van der Waals surface area (Å²) >= 11 is 1.33. The molecule has 0 fully saturated rings. The Balaban J connectivity index is 1.52. The molecule has 7 nitrogen and oxygen atoms in total. The van der Waals surface area contributed by atoms with Crippen LogP contribution in [0.3, 0.4) is 0 Å². The molecule has 2 heterocycles. The molecule has 1 aromatic carbocycles. The van der Waals surface area contributed by atoms with Gasteiger partial charge in [-0.1, -0.05) is 11.8 Å². The molecule has 3 rings (SSSR count). The summed E-state index contributed by atoms with van der Waals surface area (Å²) in [5, 5.41) is 16.0. The molecule has 0 aliphatic rings. The lowest BCUT2D eigenvalue weighted by Gasteiger charge is -2.07. The maximum Gasteiger partial charge on any atom is 0.234 e. The number of nitrogens with zero attached hydrogens (tertiary/aromatic N) is 4. The predicted molar refractivity (Wildman–Crippen MR) is 101 cm³/mol. The Morgan fingerprint density at radius 2 is 1.96 bits per heavy atom. The Morgan fingerprint density at radius 1 is 1.15 bits per heavy atom. The van der Waals surface area contributed by atoms with Crippen LogP contribution < -0.4 is 10.1 Å². The third-order valence-corrected chi connectivity index (χ3v) is 4.40. The Kier molecular flexibility index (Phi) is 5.85. The summed E-state index contributed by atoms with van der Waals surface area (Å²) in [6, 6.07) is 12.8. The van der Waals surface area contributed by atoms with Crippen LogP contribution in [0.1, 0.15) is 12.6 Å². The number of rotatable bonds is 7. The quantitative estimate of drug-likeness (QED) is 0.645. The lowest BCUT2D eigenvalue weighted by atomic mass is 10.3. The smallest absolute Gasteiger partial charge is 0.234 e. The second-order valence-electron chi connectivity index (χ2n) is 5.41. The predicted octanol–water partition coefficient (Wildman–Crippen LogP) is 3.10. The normalized spacial score (nSPS) is 10.5. The highest BCUT2D eigenvalue weighted by molar-refractivity contribution is 7.99. The summed E-state index contributed by atoms with van der Waals surface area (Å²) in [5.41, 5.74) is 1.71. The van der Waals surface area contributed by atoms with Crippen LogP contribution in [0.2, 0.25) is 0 Å². The standard InChI is InChI=1S/C18H19N5O2S/c1-3-25-15-6-4-14(5-7-15)20-17(24)12-26-18-9-8-16(21-22-18)23-13(2)10-11-19-23/h4-11H,3,12H2,1-2H3,(H,20,24). The zero-order chi connectivity index (χ0) is 18.4. The van der Waals surface area contributed by atoms with Gasteiger partial charge in [-0.2, -0.15) is 5.10 Å². The number of thioether (sulfide) groups is 1. The zero-order valence-corrected chi connectivity index (χ0v) is 15.4. The van der Waals surface area contributed by atoms with Crippen molar-refractivity contribution >= 4 is 23.4 Å². The maximum absolute atomic E-state index is 12.1. The molecule has 26 heavy (non-hydrogen) atoms. The fourth-order valence-corrected chi connectivity index (χ4v) is 2.86. The van der Waals surface area contributed by atoms with E-state index in [1.165, 1.54) is 11.8 Å². The summed E-state index contributed by atoms with van der Waals surface area (Å²) in [6.45, 7) is 4.49. The van der Waals surface area contributed by atoms with Gasteiger partial charge < -0.3 is 10.1 Å². The van der Waals surface area contributed by atoms with Crippen molar-refractivity contribution in [2.45, 2.75) is 18.9 Å². The van der Waals surface area contributed by atoms with Crippen molar-refractivity contribution in [2.75, 3.05) is 17.7 Å². The molecule has 0 radical (unpaired) electrons. The van der Waals surface area contributed by atoms with Crippen molar-refractivity contribution in [3.05, 3.63) is 54.4 Å². The average molecular weight is 369 g/mol. The van der Waals surface area contributed by atoms with E-state index in [4.69, 9.17) is 4.74 Å². The molecular formula is C18H19N5O2S. The molecule has 2 aromatic heterocycles. The van der Waals surface area contributed by atoms with Gasteiger partial charge in [0, 0.05) is 17.6 Å². The monoisotopic (exact) mass is 369 g/mol. The van der Waals surface area contributed by atoms with Gasteiger partial charge in [0.1, 0.15) is 10.8 Å². The second-order valence-corrected chi connectivity index (χ2v) is 6.40. The molecule has 0 aliphatic heterocycles. The summed E-state index contributed by atoms with van der Waals surface area (Å²) in [5.74, 6) is 1.58. The first kappa shape index (κ1) is 17.9. The number of benzene rings is 1. The summed E-state index contributed by atoms with van der Waals surface area (Å²) in [6.07, 6.45) is 1.71. The molecular weight excluding hydrogens is 350 g/mol. The minimum Gasteiger partial charge on any atom is -0.494 e. The number of hydrogen-bond donors (Lipinski definition) is 1. The first-order chi connectivity index (χ1) is 12.7. The van der Waals surface area contributed by atoms with E-state index in [0.29, 0.717) is 17.5 Å². The largest absolute Gasteiger partial charge is 0.494 e. The van der Waals surface area contributed by atoms with Gasteiger partial charge in [0.2, 0.25) is 5.91 Å². The van der Waals surface area contributed by atoms with E-state index in [1.807, 2.05) is 56.3 Å². The highest BCUT2D eigenvalue weighted by atomic mass is 32.2. The molecule has 0 saturated heterocycles. The fourth-order valence-electron chi connectivity index (χ4n) is 2.25. The van der Waals surface area contributed by atoms with Gasteiger partial charge in [-0.05, 0) is 56.3 Å². The maximum atomic E-state index is 12.1. The van der Waals surface area contributed by atoms with Crippen LogP contribution in [-0.4, -0.2) is 38.2 Å². The first-order valence-corrected chi connectivity index (χ1v) is 9.14. The number of hydrogen-bond acceptors (Lipinski definition) is 6. The number of carbonyl (C=O) groups excluding carboxylic acids is 1. The van der Waals surface area contributed by atoms with Gasteiger partial charge >= 0.3 is 0 Å². The van der Waals surface area contributed by atoms with Crippen LogP contribution in [-0.2, 0) is 4.79 Å². The number of amides is 1. The molecule has 1 N–H and O–H groups in total. The Bertz CT molecular complexity index is 862. The molecule has 134 valence electrons. The van der Waals surface area contributed by atoms with Gasteiger partial charge in [0.25, 0.3) is 0 Å². The molecule has 0 unspecified atom stereocenters. The zero-order valence-electron chi connectivity index (χ0n) is 14.5. The number of aryl methyl sites for hydroxylation is 1. The van der Waals surface area contributed by atoms with Gasteiger partial charge in [-0.3, -0.25) is 4.79 Å². The number of nitrogens with one attached hydrogen (secondary N) is 1. The van der Waals surface area contributed by atoms with E-state index >= 15 is 0 Å². The van der Waals surface area contributed by atoms with Crippen LogP contribution >= 0.6 is 11.8 Å². The number of carbonyl (C=O) groups is 1. The molecule has 1 amide bonds. The third kappa shape index (κ3) is 4.60. The molecule has 0 atom stereocenters. The van der Waals surface area contributed by atoms with Gasteiger partial charge in [-0.25, -0.2) is 4.68 Å². The fraction of sp³-hybridized carbons (Fsp3) is 0.222. The lowest BCUT2D eigenvalue weighted by Crippen LogP contribution is -2.14. The van der Waals surface area contributed by atoms with E-state index in [2.05, 4.69) is 20.6 Å².